The maximum atomic E-state index is 12.2. The second kappa shape index (κ2) is 5.88. The van der Waals surface area contributed by atoms with Gasteiger partial charge in [0.05, 0.1) is 25.2 Å². The van der Waals surface area contributed by atoms with Crippen LogP contribution in [0.3, 0.4) is 0 Å². The number of carbonyl (C=O) groups excluding carboxylic acids is 1. The Morgan fingerprint density at radius 1 is 1.26 bits per heavy atom. The Morgan fingerprint density at radius 3 is 2.58 bits per heavy atom. The van der Waals surface area contributed by atoms with Crippen molar-refractivity contribution in [2.45, 2.75) is 20.0 Å². The van der Waals surface area contributed by atoms with E-state index >= 15 is 0 Å². The van der Waals surface area contributed by atoms with Gasteiger partial charge in [-0.25, -0.2) is 0 Å². The summed E-state index contributed by atoms with van der Waals surface area (Å²) >= 11 is 0. The van der Waals surface area contributed by atoms with Crippen LogP contribution in [0.1, 0.15) is 13.8 Å². The molecule has 2 fully saturated rings. The summed E-state index contributed by atoms with van der Waals surface area (Å²) in [4.78, 5) is 27.0. The Labute approximate surface area is 113 Å². The number of likely N-dealkylation sites (tertiary alicyclic amines) is 1. The van der Waals surface area contributed by atoms with Gasteiger partial charge in [0.1, 0.15) is 0 Å². The van der Waals surface area contributed by atoms with Crippen molar-refractivity contribution in [1.82, 2.24) is 9.80 Å². The number of ether oxygens (including phenoxy) is 1. The topological polar surface area (TPSA) is 70.1 Å². The first-order valence-corrected chi connectivity index (χ1v) is 6.82. The van der Waals surface area contributed by atoms with E-state index in [1.807, 2.05) is 23.6 Å². The molecule has 2 heterocycles. The zero-order valence-electron chi connectivity index (χ0n) is 11.5. The minimum absolute atomic E-state index is 0.0772. The van der Waals surface area contributed by atoms with Crippen molar-refractivity contribution in [1.29, 1.82) is 0 Å². The first-order chi connectivity index (χ1) is 8.97. The van der Waals surface area contributed by atoms with Crippen LogP contribution in [0.4, 0.5) is 0 Å². The number of nitrogens with zero attached hydrogens (tertiary/aromatic N) is 2. The summed E-state index contributed by atoms with van der Waals surface area (Å²) in [5, 5.41) is 9.08. The average Bonchev–Trinajstić information content (AvgIpc) is 2.70. The molecule has 6 heteroatoms. The van der Waals surface area contributed by atoms with E-state index in [4.69, 9.17) is 9.84 Å². The van der Waals surface area contributed by atoms with Gasteiger partial charge in [0, 0.05) is 26.2 Å². The van der Waals surface area contributed by atoms with Crippen LogP contribution in [0.25, 0.3) is 0 Å². The number of carbonyl (C=O) groups is 2. The van der Waals surface area contributed by atoms with E-state index in [2.05, 4.69) is 0 Å². The maximum Gasteiger partial charge on any atom is 0.308 e. The normalized spacial score (nSPS) is 32.5. The predicted octanol–water partition coefficient (Wildman–Crippen LogP) is -0.114. The lowest BCUT2D eigenvalue weighted by Gasteiger charge is -2.32. The summed E-state index contributed by atoms with van der Waals surface area (Å²) < 4.78 is 5.41. The van der Waals surface area contributed by atoms with Crippen molar-refractivity contribution in [2.24, 2.45) is 11.8 Å². The number of aliphatic carboxylic acids is 1. The van der Waals surface area contributed by atoms with Gasteiger partial charge in [0.15, 0.2) is 0 Å². The number of rotatable bonds is 3. The molecule has 2 aliphatic heterocycles. The Bertz CT molecular complexity index is 361. The molecule has 6 nitrogen and oxygen atoms in total. The third-order valence-electron chi connectivity index (χ3n) is 3.96. The van der Waals surface area contributed by atoms with Crippen molar-refractivity contribution >= 4 is 11.9 Å². The molecule has 1 N–H and O–H groups in total. The number of hydrogen-bond donors (Lipinski definition) is 1. The molecule has 2 aliphatic rings. The van der Waals surface area contributed by atoms with Gasteiger partial charge in [-0.15, -0.1) is 0 Å². The van der Waals surface area contributed by atoms with Gasteiger partial charge in [-0.3, -0.25) is 14.5 Å². The third-order valence-corrected chi connectivity index (χ3v) is 3.96. The van der Waals surface area contributed by atoms with Crippen molar-refractivity contribution in [3.63, 3.8) is 0 Å². The van der Waals surface area contributed by atoms with Gasteiger partial charge >= 0.3 is 5.97 Å². The highest BCUT2D eigenvalue weighted by atomic mass is 16.5. The second-order valence-corrected chi connectivity index (χ2v) is 5.64. The first-order valence-electron chi connectivity index (χ1n) is 6.82. The van der Waals surface area contributed by atoms with E-state index in [0.29, 0.717) is 39.3 Å². The molecule has 0 bridgehead atoms. The smallest absolute Gasteiger partial charge is 0.308 e. The first kappa shape index (κ1) is 14.3. The fourth-order valence-electron chi connectivity index (χ4n) is 2.85. The molecule has 1 unspecified atom stereocenters. The SMILES string of the molecule is CC1CN(C(=O)CN2C[C@@H](C)[C@H](C(=O)O)C2)CCO1. The van der Waals surface area contributed by atoms with Crippen molar-refractivity contribution in [3.05, 3.63) is 0 Å². The lowest BCUT2D eigenvalue weighted by Crippen LogP contribution is -2.48. The number of morpholine rings is 1. The summed E-state index contributed by atoms with van der Waals surface area (Å²) in [6.45, 7) is 7.21. The van der Waals surface area contributed by atoms with Crippen molar-refractivity contribution < 1.29 is 19.4 Å². The van der Waals surface area contributed by atoms with Crippen LogP contribution >= 0.6 is 0 Å². The number of hydrogen-bond acceptors (Lipinski definition) is 4. The molecule has 1 amide bonds. The quantitative estimate of drug-likeness (QED) is 0.774. The van der Waals surface area contributed by atoms with E-state index in [9.17, 15) is 9.59 Å². The van der Waals surface area contributed by atoms with Crippen LogP contribution in [0.2, 0.25) is 0 Å². The van der Waals surface area contributed by atoms with Gasteiger partial charge in [-0.05, 0) is 12.8 Å². The van der Waals surface area contributed by atoms with Crippen LogP contribution in [-0.4, -0.2) is 72.2 Å². The molecule has 19 heavy (non-hydrogen) atoms. The lowest BCUT2D eigenvalue weighted by atomic mass is 9.99. The van der Waals surface area contributed by atoms with Crippen molar-refractivity contribution in [3.8, 4) is 0 Å². The highest BCUT2D eigenvalue weighted by Crippen LogP contribution is 2.23. The zero-order chi connectivity index (χ0) is 14.0. The maximum absolute atomic E-state index is 12.2. The molecule has 0 radical (unpaired) electrons. The van der Waals surface area contributed by atoms with Crippen LogP contribution in [0, 0.1) is 11.8 Å². The van der Waals surface area contributed by atoms with Gasteiger partial charge in [0.2, 0.25) is 5.91 Å². The third kappa shape index (κ3) is 3.45. The monoisotopic (exact) mass is 270 g/mol. The van der Waals surface area contributed by atoms with Crippen LogP contribution in [0.15, 0.2) is 0 Å². The zero-order valence-corrected chi connectivity index (χ0v) is 11.5. The summed E-state index contributed by atoms with van der Waals surface area (Å²) in [6, 6.07) is 0. The molecule has 0 spiro atoms. The van der Waals surface area contributed by atoms with Gasteiger partial charge in [-0.2, -0.15) is 0 Å². The summed E-state index contributed by atoms with van der Waals surface area (Å²) in [7, 11) is 0. The highest BCUT2D eigenvalue weighted by Gasteiger charge is 2.36. The summed E-state index contributed by atoms with van der Waals surface area (Å²) in [5.74, 6) is -0.929. The Balaban J connectivity index is 1.84. The lowest BCUT2D eigenvalue weighted by molar-refractivity contribution is -0.143. The van der Waals surface area contributed by atoms with E-state index in [-0.39, 0.29) is 23.8 Å². The molecular formula is C13H22N2O4. The van der Waals surface area contributed by atoms with E-state index in [0.717, 1.165) is 0 Å². The van der Waals surface area contributed by atoms with Crippen LogP contribution < -0.4 is 0 Å². The molecule has 0 aliphatic carbocycles. The Hall–Kier alpha value is -1.14. The molecular weight excluding hydrogens is 248 g/mol. The Morgan fingerprint density at radius 2 is 2.00 bits per heavy atom. The number of carboxylic acids is 1. The van der Waals surface area contributed by atoms with E-state index in [1.165, 1.54) is 0 Å². The van der Waals surface area contributed by atoms with Gasteiger partial charge in [-0.1, -0.05) is 6.92 Å². The Kier molecular flexibility index (Phi) is 4.42. The fraction of sp³-hybridized carbons (Fsp3) is 0.846. The molecule has 2 saturated heterocycles. The molecule has 3 atom stereocenters. The minimum Gasteiger partial charge on any atom is -0.481 e. The van der Waals surface area contributed by atoms with Crippen molar-refractivity contribution in [2.75, 3.05) is 39.3 Å². The molecule has 0 saturated carbocycles. The fourth-order valence-corrected chi connectivity index (χ4v) is 2.85. The highest BCUT2D eigenvalue weighted by molar-refractivity contribution is 5.78. The average molecular weight is 270 g/mol. The van der Waals surface area contributed by atoms with E-state index in [1.54, 1.807) is 0 Å². The largest absolute Gasteiger partial charge is 0.481 e. The van der Waals surface area contributed by atoms with Crippen LogP contribution in [-0.2, 0) is 14.3 Å². The van der Waals surface area contributed by atoms with E-state index < -0.39 is 5.97 Å². The molecule has 0 aromatic rings. The molecule has 0 aromatic carbocycles. The molecule has 108 valence electrons. The summed E-state index contributed by atoms with van der Waals surface area (Å²) in [5.41, 5.74) is 0. The van der Waals surface area contributed by atoms with Gasteiger partial charge < -0.3 is 14.7 Å². The number of amides is 1. The minimum atomic E-state index is -0.762. The summed E-state index contributed by atoms with van der Waals surface area (Å²) in [6.07, 6.45) is 0.0852. The van der Waals surface area contributed by atoms with Crippen LogP contribution in [0.5, 0.6) is 0 Å². The van der Waals surface area contributed by atoms with Gasteiger partial charge in [0.25, 0.3) is 0 Å². The predicted molar refractivity (Wildman–Crippen MR) is 68.7 cm³/mol. The molecule has 2 rings (SSSR count). The number of carboxylic acid groups (broad SMARTS) is 1. The standard InChI is InChI=1S/C13H22N2O4/c1-9-5-14(7-11(9)13(17)18)8-12(16)15-3-4-19-10(2)6-15/h9-11H,3-8H2,1-2H3,(H,17,18)/t9-,10?,11-/m1/s1. The molecule has 0 aromatic heterocycles. The second-order valence-electron chi connectivity index (χ2n) is 5.64.